The van der Waals surface area contributed by atoms with E-state index in [0.29, 0.717) is 34.3 Å². The second kappa shape index (κ2) is 11.0. The largest absolute Gasteiger partial charge is 0.416 e. The van der Waals surface area contributed by atoms with Gasteiger partial charge >= 0.3 is 12.4 Å². The van der Waals surface area contributed by atoms with Crippen molar-refractivity contribution in [1.29, 1.82) is 5.26 Å². The normalized spacial score (nSPS) is 13.3. The minimum absolute atomic E-state index is 0.0961. The van der Waals surface area contributed by atoms with Crippen LogP contribution in [0.1, 0.15) is 28.6 Å². The van der Waals surface area contributed by atoms with E-state index in [0.717, 1.165) is 0 Å². The Balaban J connectivity index is 1.88. The second-order valence-electron chi connectivity index (χ2n) is 8.18. The van der Waals surface area contributed by atoms with Crippen LogP contribution in [-0.4, -0.2) is 15.9 Å². The zero-order chi connectivity index (χ0) is 28.4. The van der Waals surface area contributed by atoms with Gasteiger partial charge < -0.3 is 10.3 Å². The molecule has 4 rings (SSSR count). The maximum Gasteiger partial charge on any atom is 0.416 e. The minimum atomic E-state index is -5.00. The van der Waals surface area contributed by atoms with Crippen LogP contribution in [0.3, 0.4) is 0 Å². The average molecular weight is 585 g/mol. The van der Waals surface area contributed by atoms with Gasteiger partial charge in [0.1, 0.15) is 5.82 Å². The van der Waals surface area contributed by atoms with Crippen LogP contribution in [0.5, 0.6) is 0 Å². The van der Waals surface area contributed by atoms with Crippen molar-refractivity contribution < 1.29 is 26.3 Å². The monoisotopic (exact) mass is 584 g/mol. The number of imidazole rings is 1. The maximum absolute atomic E-state index is 14.0. The second-order valence-corrected chi connectivity index (χ2v) is 9.03. The number of anilines is 1. The molecule has 4 aromatic rings. The van der Waals surface area contributed by atoms with Gasteiger partial charge in [-0.2, -0.15) is 31.6 Å². The first-order valence-electron chi connectivity index (χ1n) is 11.0. The van der Waals surface area contributed by atoms with Crippen molar-refractivity contribution in [2.75, 3.05) is 5.32 Å². The molecule has 0 bridgehead atoms. The van der Waals surface area contributed by atoms with Gasteiger partial charge in [-0.05, 0) is 54.1 Å². The lowest BCUT2D eigenvalue weighted by atomic mass is 9.95. The highest BCUT2D eigenvalue weighted by Crippen LogP contribution is 2.40. The van der Waals surface area contributed by atoms with Gasteiger partial charge in [-0.1, -0.05) is 35.3 Å². The summed E-state index contributed by atoms with van der Waals surface area (Å²) in [5, 5.41) is 14.5. The zero-order valence-corrected chi connectivity index (χ0v) is 20.9. The summed E-state index contributed by atoms with van der Waals surface area (Å²) in [5.74, 6) is -0.204. The first kappa shape index (κ1) is 28.1. The van der Waals surface area contributed by atoms with E-state index in [1.165, 1.54) is 18.2 Å². The van der Waals surface area contributed by atoms with E-state index in [1.54, 1.807) is 30.5 Å². The molecule has 1 heterocycles. The van der Waals surface area contributed by atoms with Crippen LogP contribution in [0, 0.1) is 11.5 Å². The number of alkyl halides is 6. The van der Waals surface area contributed by atoms with Crippen LogP contribution >= 0.6 is 23.2 Å². The number of nitriles is 1. The van der Waals surface area contributed by atoms with E-state index in [9.17, 15) is 31.6 Å². The zero-order valence-electron chi connectivity index (χ0n) is 19.4. The molecule has 6 nitrogen and oxygen atoms in total. The number of fused-ring (bicyclic) bond motifs is 1. The lowest BCUT2D eigenvalue weighted by Gasteiger charge is -2.21. The van der Waals surface area contributed by atoms with Crippen LogP contribution in [0.15, 0.2) is 65.7 Å². The number of aliphatic imine (C=N–C) groups is 1. The summed E-state index contributed by atoms with van der Waals surface area (Å²) in [6, 6.07) is 10.5. The predicted octanol–water partition coefficient (Wildman–Crippen LogP) is 7.73. The molecule has 14 heteroatoms. The molecule has 0 aliphatic heterocycles. The fourth-order valence-corrected chi connectivity index (χ4v) is 4.26. The molecule has 39 heavy (non-hydrogen) atoms. The van der Waals surface area contributed by atoms with Gasteiger partial charge in [-0.15, -0.1) is 0 Å². The van der Waals surface area contributed by atoms with Gasteiger partial charge in [-0.3, -0.25) is 5.32 Å². The van der Waals surface area contributed by atoms with Gasteiger partial charge in [0.25, 0.3) is 0 Å². The summed E-state index contributed by atoms with van der Waals surface area (Å²) in [6.07, 6.45) is -8.69. The number of hydrogen-bond acceptors (Lipinski definition) is 3. The molecule has 3 aromatic carbocycles. The third-order valence-corrected chi connectivity index (χ3v) is 6.06. The van der Waals surface area contributed by atoms with E-state index in [4.69, 9.17) is 23.2 Å². The Morgan fingerprint density at radius 3 is 2.38 bits per heavy atom. The number of rotatable bonds is 5. The molecule has 0 aliphatic rings. The molecule has 1 unspecified atom stereocenters. The number of H-pyrrole nitrogens is 1. The minimum Gasteiger partial charge on any atom is -0.342 e. The number of guanidine groups is 1. The van der Waals surface area contributed by atoms with E-state index in [-0.39, 0.29) is 28.9 Å². The smallest absolute Gasteiger partial charge is 0.342 e. The molecule has 1 aromatic heterocycles. The summed E-state index contributed by atoms with van der Waals surface area (Å²) in [7, 11) is 0. The number of halogens is 8. The summed E-state index contributed by atoms with van der Waals surface area (Å²) in [6.45, 7) is 0. The van der Waals surface area contributed by atoms with Crippen LogP contribution in [0.2, 0.25) is 10.0 Å². The van der Waals surface area contributed by atoms with Gasteiger partial charge in [-0.25, -0.2) is 9.98 Å². The predicted molar refractivity (Wildman–Crippen MR) is 135 cm³/mol. The molecule has 3 N–H and O–H groups in total. The number of aromatic amines is 1. The summed E-state index contributed by atoms with van der Waals surface area (Å²) >= 11 is 12.1. The quantitative estimate of drug-likeness (QED) is 0.0736. The number of nitrogens with zero attached hydrogens (tertiary/aromatic N) is 3. The molecule has 0 aliphatic carbocycles. The highest BCUT2D eigenvalue weighted by Gasteiger charge is 2.39. The van der Waals surface area contributed by atoms with Crippen molar-refractivity contribution in [1.82, 2.24) is 15.3 Å². The summed E-state index contributed by atoms with van der Waals surface area (Å²) in [5.41, 5.74) is -2.13. The van der Waals surface area contributed by atoms with E-state index >= 15 is 0 Å². The third-order valence-electron chi connectivity index (χ3n) is 5.51. The van der Waals surface area contributed by atoms with Gasteiger partial charge in [0.2, 0.25) is 5.96 Å². The van der Waals surface area contributed by atoms with Crippen LogP contribution in [-0.2, 0) is 18.8 Å². The van der Waals surface area contributed by atoms with E-state index in [2.05, 4.69) is 25.6 Å². The Hall–Kier alpha value is -3.95. The van der Waals surface area contributed by atoms with E-state index in [1.807, 2.05) is 0 Å². The van der Waals surface area contributed by atoms with Gasteiger partial charge in [0, 0.05) is 11.4 Å². The van der Waals surface area contributed by atoms with Crippen molar-refractivity contribution in [3.05, 3.63) is 93.2 Å². The standard InChI is InChI=1S/C25H16Cl2F6N6/c26-14-6-8-18(17(27)10-14)38-23(35-12-34)39-21(11-22-36-19-3-1-2-4-20(19)37-22)15-9-13(24(28,29)30)5-7-16(15)25(31,32)33/h1-10,21H,11H2,(H,36,37)(H2,35,38,39). The number of aromatic nitrogens is 2. The molecular weight excluding hydrogens is 569 g/mol. The molecule has 0 saturated heterocycles. The number of nitrogens with one attached hydrogen (secondary N) is 3. The molecule has 1 atom stereocenters. The van der Waals surface area contributed by atoms with Crippen molar-refractivity contribution in [3.8, 4) is 6.19 Å². The topological polar surface area (TPSA) is 88.9 Å². The Labute approximate surface area is 227 Å². The first-order chi connectivity index (χ1) is 18.3. The van der Waals surface area contributed by atoms with Crippen molar-refractivity contribution in [2.45, 2.75) is 24.8 Å². The molecule has 0 spiro atoms. The first-order valence-corrected chi connectivity index (χ1v) is 11.8. The van der Waals surface area contributed by atoms with E-state index < -0.39 is 35.1 Å². The van der Waals surface area contributed by atoms with Crippen LogP contribution in [0.4, 0.5) is 32.0 Å². The lowest BCUT2D eigenvalue weighted by Crippen LogP contribution is -2.28. The van der Waals surface area contributed by atoms with Crippen molar-refractivity contribution in [3.63, 3.8) is 0 Å². The lowest BCUT2D eigenvalue weighted by molar-refractivity contribution is -0.142. The molecule has 0 radical (unpaired) electrons. The highest BCUT2D eigenvalue weighted by atomic mass is 35.5. The Kier molecular flexibility index (Phi) is 7.94. The number of para-hydroxylation sites is 2. The molecule has 0 fully saturated rings. The molecule has 0 saturated carbocycles. The van der Waals surface area contributed by atoms with Crippen LogP contribution < -0.4 is 10.6 Å². The SMILES string of the molecule is N#CNC(=NC(Cc1nc2ccccc2[nH]1)c1cc(C(F)(F)F)ccc1C(F)(F)F)Nc1ccc(Cl)cc1Cl. The van der Waals surface area contributed by atoms with Gasteiger partial charge in [0.05, 0.1) is 38.9 Å². The van der Waals surface area contributed by atoms with Gasteiger partial charge in [0.15, 0.2) is 6.19 Å². The Morgan fingerprint density at radius 2 is 1.74 bits per heavy atom. The van der Waals surface area contributed by atoms with Crippen molar-refractivity contribution in [2.24, 2.45) is 4.99 Å². The Morgan fingerprint density at radius 1 is 1.00 bits per heavy atom. The molecule has 0 amide bonds. The number of benzene rings is 3. The summed E-state index contributed by atoms with van der Waals surface area (Å²) < 4.78 is 82.6. The highest BCUT2D eigenvalue weighted by molar-refractivity contribution is 6.36. The van der Waals surface area contributed by atoms with Crippen molar-refractivity contribution >= 4 is 45.9 Å². The fourth-order valence-electron chi connectivity index (χ4n) is 3.81. The Bertz CT molecular complexity index is 1540. The van der Waals surface area contributed by atoms with Crippen LogP contribution in [0.25, 0.3) is 11.0 Å². The summed E-state index contributed by atoms with van der Waals surface area (Å²) in [4.78, 5) is 11.5. The third kappa shape index (κ3) is 6.74. The molecular formula is C25H16Cl2F6N6. The molecule has 202 valence electrons. The fraction of sp³-hybridized carbons (Fsp3) is 0.160. The average Bonchev–Trinajstić information content (AvgIpc) is 3.26. The number of hydrogen-bond donors (Lipinski definition) is 3. The maximum atomic E-state index is 14.0.